The van der Waals surface area contributed by atoms with Gasteiger partial charge in [-0.3, -0.25) is 5.43 Å². The van der Waals surface area contributed by atoms with Crippen LogP contribution in [0.4, 0.5) is 4.79 Å². The Morgan fingerprint density at radius 3 is 2.75 bits per heavy atom. The van der Waals surface area contributed by atoms with E-state index in [1.807, 2.05) is 0 Å². The number of urea groups is 1. The molecule has 1 aliphatic heterocycles. The van der Waals surface area contributed by atoms with E-state index in [0.29, 0.717) is 45.0 Å². The molecule has 36 heavy (non-hydrogen) atoms. The molecule has 192 valence electrons. The van der Waals surface area contributed by atoms with Crippen molar-refractivity contribution >= 4 is 41.4 Å². The van der Waals surface area contributed by atoms with Crippen LogP contribution in [0.15, 0.2) is 52.8 Å². The van der Waals surface area contributed by atoms with E-state index in [9.17, 15) is 14.7 Å². The number of halogens is 2. The third-order valence-electron chi connectivity index (χ3n) is 5.08. The molecule has 0 bridgehead atoms. The number of amides is 2. The molecule has 1 heterocycles. The molecule has 2 amide bonds. The van der Waals surface area contributed by atoms with Gasteiger partial charge in [-0.1, -0.05) is 41.4 Å². The van der Waals surface area contributed by atoms with Gasteiger partial charge >= 0.3 is 12.0 Å². The first-order valence-corrected chi connectivity index (χ1v) is 11.7. The monoisotopic (exact) mass is 536 g/mol. The molecule has 3 rings (SSSR count). The van der Waals surface area contributed by atoms with Crippen molar-refractivity contribution in [1.29, 1.82) is 0 Å². The summed E-state index contributed by atoms with van der Waals surface area (Å²) >= 11 is 12.1. The van der Waals surface area contributed by atoms with Crippen molar-refractivity contribution in [3.63, 3.8) is 0 Å². The molecule has 4 N–H and O–H groups in total. The van der Waals surface area contributed by atoms with E-state index in [1.165, 1.54) is 13.3 Å². The van der Waals surface area contributed by atoms with Crippen LogP contribution in [0.3, 0.4) is 0 Å². The van der Waals surface area contributed by atoms with E-state index >= 15 is 0 Å². The molecule has 2 aromatic carbocycles. The van der Waals surface area contributed by atoms with Gasteiger partial charge in [-0.25, -0.2) is 9.59 Å². The van der Waals surface area contributed by atoms with Gasteiger partial charge in [-0.2, -0.15) is 5.10 Å². The number of benzene rings is 2. The largest absolute Gasteiger partial charge is 0.490 e. The third kappa shape index (κ3) is 6.60. The third-order valence-corrected chi connectivity index (χ3v) is 5.91. The molecule has 0 fully saturated rings. The number of esters is 1. The van der Waals surface area contributed by atoms with E-state index in [1.54, 1.807) is 50.2 Å². The Bertz CT molecular complexity index is 1190. The van der Waals surface area contributed by atoms with E-state index in [0.717, 1.165) is 0 Å². The summed E-state index contributed by atoms with van der Waals surface area (Å²) in [5.41, 5.74) is 4.37. The SMILES string of the molecule is CCOc1cc([C@H]2NC(=O)NC(C)=C2C(=O)OC)ccc1OC[C@H](O)N/N=C/c1cccc(Cl)c1Cl. The predicted molar refractivity (Wildman–Crippen MR) is 135 cm³/mol. The summed E-state index contributed by atoms with van der Waals surface area (Å²) in [4.78, 5) is 24.4. The minimum Gasteiger partial charge on any atom is -0.490 e. The van der Waals surface area contributed by atoms with Crippen molar-refractivity contribution in [3.05, 3.63) is 68.8 Å². The molecule has 1 aliphatic rings. The summed E-state index contributed by atoms with van der Waals surface area (Å²) in [6.45, 7) is 3.61. The fourth-order valence-electron chi connectivity index (χ4n) is 3.44. The Morgan fingerprint density at radius 2 is 2.03 bits per heavy atom. The zero-order valence-electron chi connectivity index (χ0n) is 19.8. The molecule has 0 spiro atoms. The minimum atomic E-state index is -1.14. The lowest BCUT2D eigenvalue weighted by molar-refractivity contribution is -0.136. The first-order valence-electron chi connectivity index (χ1n) is 10.9. The number of allylic oxidation sites excluding steroid dienone is 1. The molecule has 2 atom stereocenters. The van der Waals surface area contributed by atoms with Gasteiger partial charge in [0.2, 0.25) is 0 Å². The van der Waals surface area contributed by atoms with Gasteiger partial charge in [0.25, 0.3) is 0 Å². The second kappa shape index (κ2) is 12.5. The molecule has 0 aromatic heterocycles. The number of hydrogen-bond donors (Lipinski definition) is 4. The molecule has 0 aliphatic carbocycles. The Morgan fingerprint density at radius 1 is 1.25 bits per heavy atom. The number of hydrogen-bond acceptors (Lipinski definition) is 8. The lowest BCUT2D eigenvalue weighted by atomic mass is 9.95. The summed E-state index contributed by atoms with van der Waals surface area (Å²) in [7, 11) is 1.27. The van der Waals surface area contributed by atoms with Gasteiger partial charge in [0.15, 0.2) is 17.7 Å². The highest BCUT2D eigenvalue weighted by Crippen LogP contribution is 2.35. The first-order chi connectivity index (χ1) is 17.2. The van der Waals surface area contributed by atoms with Crippen molar-refractivity contribution in [3.8, 4) is 11.5 Å². The molecular weight excluding hydrogens is 511 g/mol. The van der Waals surface area contributed by atoms with Gasteiger partial charge < -0.3 is 30.0 Å². The molecule has 2 aromatic rings. The van der Waals surface area contributed by atoms with Crippen molar-refractivity contribution in [2.24, 2.45) is 5.10 Å². The maximum absolute atomic E-state index is 12.3. The van der Waals surface area contributed by atoms with Crippen LogP contribution in [0.1, 0.15) is 31.0 Å². The predicted octanol–water partition coefficient (Wildman–Crippen LogP) is 3.51. The molecular formula is C24H26Cl2N4O6. The Kier molecular flexibility index (Phi) is 9.40. The number of methoxy groups -OCH3 is 1. The highest BCUT2D eigenvalue weighted by atomic mass is 35.5. The number of nitrogens with one attached hydrogen (secondary N) is 3. The number of nitrogens with zero attached hydrogens (tertiary/aromatic N) is 1. The van der Waals surface area contributed by atoms with Gasteiger partial charge in [0, 0.05) is 11.3 Å². The van der Waals surface area contributed by atoms with Crippen LogP contribution in [0.25, 0.3) is 0 Å². The molecule has 0 saturated carbocycles. The molecule has 10 nitrogen and oxygen atoms in total. The lowest BCUT2D eigenvalue weighted by Crippen LogP contribution is -2.45. The fraction of sp³-hybridized carbons (Fsp3) is 0.292. The summed E-state index contributed by atoms with van der Waals surface area (Å²) in [5, 5.41) is 20.2. The number of ether oxygens (including phenoxy) is 3. The zero-order valence-corrected chi connectivity index (χ0v) is 21.3. The van der Waals surface area contributed by atoms with Crippen LogP contribution in [0.5, 0.6) is 11.5 Å². The minimum absolute atomic E-state index is 0.156. The average molecular weight is 537 g/mol. The Hall–Kier alpha value is -3.47. The average Bonchev–Trinajstić information content (AvgIpc) is 2.85. The van der Waals surface area contributed by atoms with Crippen molar-refractivity contribution in [2.75, 3.05) is 20.3 Å². The highest BCUT2D eigenvalue weighted by Gasteiger charge is 2.32. The van der Waals surface area contributed by atoms with Gasteiger partial charge in [-0.15, -0.1) is 0 Å². The van der Waals surface area contributed by atoms with Crippen LogP contribution in [0.2, 0.25) is 10.0 Å². The van der Waals surface area contributed by atoms with Crippen molar-refractivity contribution < 1.29 is 28.9 Å². The van der Waals surface area contributed by atoms with Gasteiger partial charge in [0.1, 0.15) is 6.61 Å². The van der Waals surface area contributed by atoms with E-state index < -0.39 is 24.3 Å². The maximum Gasteiger partial charge on any atom is 0.337 e. The van der Waals surface area contributed by atoms with E-state index in [4.69, 9.17) is 37.4 Å². The lowest BCUT2D eigenvalue weighted by Gasteiger charge is -2.28. The molecule has 0 radical (unpaired) electrons. The van der Waals surface area contributed by atoms with E-state index in [-0.39, 0.29) is 12.2 Å². The van der Waals surface area contributed by atoms with Gasteiger partial charge in [0.05, 0.1) is 41.6 Å². The van der Waals surface area contributed by atoms with Crippen LogP contribution in [0, 0.1) is 0 Å². The van der Waals surface area contributed by atoms with Crippen molar-refractivity contribution in [1.82, 2.24) is 16.1 Å². The number of aliphatic hydroxyl groups is 1. The second-order valence-corrected chi connectivity index (χ2v) is 8.34. The quantitative estimate of drug-likeness (QED) is 0.158. The number of hydrazone groups is 1. The number of aliphatic hydroxyl groups excluding tert-OH is 1. The number of carbonyl (C=O) groups is 2. The normalized spacial score (nSPS) is 16.3. The summed E-state index contributed by atoms with van der Waals surface area (Å²) < 4.78 is 16.3. The molecule has 12 heteroatoms. The first kappa shape index (κ1) is 27.1. The van der Waals surface area contributed by atoms with Crippen LogP contribution in [-0.4, -0.2) is 49.9 Å². The summed E-state index contributed by atoms with van der Waals surface area (Å²) in [6.07, 6.45) is 0.285. The highest BCUT2D eigenvalue weighted by molar-refractivity contribution is 6.43. The number of carbonyl (C=O) groups excluding carboxylic acids is 2. The topological polar surface area (TPSA) is 131 Å². The van der Waals surface area contributed by atoms with Crippen LogP contribution < -0.4 is 25.5 Å². The summed E-state index contributed by atoms with van der Waals surface area (Å²) in [5.74, 6) is 0.145. The zero-order chi connectivity index (χ0) is 26.2. The smallest absolute Gasteiger partial charge is 0.337 e. The Balaban J connectivity index is 1.72. The maximum atomic E-state index is 12.3. The van der Waals surface area contributed by atoms with Gasteiger partial charge in [-0.05, 0) is 37.6 Å². The van der Waals surface area contributed by atoms with Crippen LogP contribution >= 0.6 is 23.2 Å². The Labute approximate surface area is 218 Å². The standard InChI is InChI=1S/C24H26Cl2N4O6/c1-4-35-18-10-14(22-20(23(32)34-3)13(2)28-24(33)29-22)8-9-17(18)36-12-19(31)30-27-11-15-6-5-7-16(25)21(15)26/h5-11,19,22,30-31H,4,12H2,1-3H3,(H2,28,29,33)/b27-11+/t19-,22+/m0/s1. The molecule has 0 saturated heterocycles. The summed E-state index contributed by atoms with van der Waals surface area (Å²) in [6, 6.07) is 8.89. The van der Waals surface area contributed by atoms with Crippen molar-refractivity contribution in [2.45, 2.75) is 26.1 Å². The number of rotatable bonds is 10. The van der Waals surface area contributed by atoms with E-state index in [2.05, 4.69) is 21.2 Å². The second-order valence-electron chi connectivity index (χ2n) is 7.56. The fourth-order valence-corrected chi connectivity index (χ4v) is 3.79. The van der Waals surface area contributed by atoms with Crippen LogP contribution in [-0.2, 0) is 9.53 Å². The molecule has 0 unspecified atom stereocenters.